The quantitative estimate of drug-likeness (QED) is 0.821. The third-order valence-electron chi connectivity index (χ3n) is 5.23. The van der Waals surface area contributed by atoms with Gasteiger partial charge in [0.15, 0.2) is 0 Å². The highest BCUT2D eigenvalue weighted by Crippen LogP contribution is 2.21. The number of benzene rings is 1. The minimum atomic E-state index is 0.211. The van der Waals surface area contributed by atoms with Crippen LogP contribution in [-0.2, 0) is 9.53 Å². The number of piperidine rings is 1. The predicted molar refractivity (Wildman–Crippen MR) is 97.9 cm³/mol. The van der Waals surface area contributed by atoms with Crippen molar-refractivity contribution in [2.45, 2.75) is 45.3 Å². The maximum absolute atomic E-state index is 12.6. The van der Waals surface area contributed by atoms with Gasteiger partial charge < -0.3 is 14.4 Å². The van der Waals surface area contributed by atoms with Gasteiger partial charge in [-0.05, 0) is 31.5 Å². The van der Waals surface area contributed by atoms with Gasteiger partial charge in [0.2, 0.25) is 5.91 Å². The Morgan fingerprint density at radius 1 is 1.24 bits per heavy atom. The first-order valence-corrected chi connectivity index (χ1v) is 9.45. The summed E-state index contributed by atoms with van der Waals surface area (Å²) in [7, 11) is 0. The minimum absolute atomic E-state index is 0.211. The predicted octanol–water partition coefficient (Wildman–Crippen LogP) is 2.48. The van der Waals surface area contributed by atoms with Gasteiger partial charge in [0.05, 0.1) is 13.2 Å². The Labute approximate surface area is 150 Å². The summed E-state index contributed by atoms with van der Waals surface area (Å²) in [5.41, 5.74) is 1.21. The van der Waals surface area contributed by atoms with E-state index in [9.17, 15) is 4.79 Å². The largest absolute Gasteiger partial charge is 0.490 e. The second-order valence-corrected chi connectivity index (χ2v) is 7.22. The Balaban J connectivity index is 1.42. The molecule has 2 aliphatic heterocycles. The number of carbonyl (C=O) groups is 1. The van der Waals surface area contributed by atoms with Crippen molar-refractivity contribution in [3.63, 3.8) is 0 Å². The van der Waals surface area contributed by atoms with Crippen LogP contribution in [0.2, 0.25) is 0 Å². The molecule has 0 N–H and O–H groups in total. The molecular weight excluding hydrogens is 316 g/mol. The van der Waals surface area contributed by atoms with Gasteiger partial charge in [0.1, 0.15) is 11.9 Å². The van der Waals surface area contributed by atoms with Gasteiger partial charge >= 0.3 is 0 Å². The van der Waals surface area contributed by atoms with Crippen molar-refractivity contribution in [1.29, 1.82) is 0 Å². The number of aryl methyl sites for hydroxylation is 1. The second-order valence-electron chi connectivity index (χ2n) is 7.22. The molecule has 2 fully saturated rings. The number of amides is 1. The Hall–Kier alpha value is -1.59. The van der Waals surface area contributed by atoms with Crippen molar-refractivity contribution in [2.24, 2.45) is 0 Å². The lowest BCUT2D eigenvalue weighted by molar-refractivity contribution is -0.134. The summed E-state index contributed by atoms with van der Waals surface area (Å²) >= 11 is 0. The molecular formula is C20H30N2O3. The van der Waals surface area contributed by atoms with Crippen molar-refractivity contribution < 1.29 is 14.3 Å². The molecule has 0 bridgehead atoms. The monoisotopic (exact) mass is 346 g/mol. The van der Waals surface area contributed by atoms with E-state index in [1.165, 1.54) is 5.56 Å². The van der Waals surface area contributed by atoms with E-state index in [1.807, 2.05) is 17.0 Å². The molecule has 5 nitrogen and oxygen atoms in total. The summed E-state index contributed by atoms with van der Waals surface area (Å²) in [6, 6.07) is 8.47. The molecule has 0 unspecified atom stereocenters. The van der Waals surface area contributed by atoms with E-state index >= 15 is 0 Å². The van der Waals surface area contributed by atoms with E-state index in [4.69, 9.17) is 9.47 Å². The maximum atomic E-state index is 12.6. The number of hydrogen-bond donors (Lipinski definition) is 0. The van der Waals surface area contributed by atoms with Crippen LogP contribution < -0.4 is 4.74 Å². The fraction of sp³-hybridized carbons (Fsp3) is 0.650. The fourth-order valence-corrected chi connectivity index (χ4v) is 3.63. The Morgan fingerprint density at radius 3 is 2.64 bits per heavy atom. The summed E-state index contributed by atoms with van der Waals surface area (Å²) < 4.78 is 11.5. The van der Waals surface area contributed by atoms with E-state index in [-0.39, 0.29) is 18.1 Å². The molecule has 2 heterocycles. The Morgan fingerprint density at radius 2 is 1.96 bits per heavy atom. The topological polar surface area (TPSA) is 42.0 Å². The zero-order valence-corrected chi connectivity index (χ0v) is 15.4. The number of ether oxygens (including phenoxy) is 2. The minimum Gasteiger partial charge on any atom is -0.490 e. The molecule has 3 rings (SSSR count). The van der Waals surface area contributed by atoms with Gasteiger partial charge in [-0.2, -0.15) is 0 Å². The molecule has 0 aliphatic carbocycles. The first-order chi connectivity index (χ1) is 12.1. The summed E-state index contributed by atoms with van der Waals surface area (Å²) in [6.07, 6.45) is 2.63. The smallest absolute Gasteiger partial charge is 0.224 e. The van der Waals surface area contributed by atoms with E-state index in [0.29, 0.717) is 6.42 Å². The third-order valence-corrected chi connectivity index (χ3v) is 5.23. The van der Waals surface area contributed by atoms with Crippen LogP contribution in [0.4, 0.5) is 0 Å². The standard InChI is InChI=1S/C20H30N2O3/c1-16-4-3-5-19(14-16)25-18-6-8-22(9-7-18)20(23)15-17(2)21-10-12-24-13-11-21/h3-5,14,17-18H,6-13,15H2,1-2H3/t17-/m0/s1. The van der Waals surface area contributed by atoms with Crippen LogP contribution in [0.5, 0.6) is 5.75 Å². The van der Waals surface area contributed by atoms with Gasteiger partial charge in [0, 0.05) is 51.5 Å². The fourth-order valence-electron chi connectivity index (χ4n) is 3.63. The molecule has 138 valence electrons. The third kappa shape index (κ3) is 5.19. The molecule has 1 aromatic rings. The van der Waals surface area contributed by atoms with Crippen molar-refractivity contribution in [1.82, 2.24) is 9.80 Å². The molecule has 0 aromatic heterocycles. The Kier molecular flexibility index (Phi) is 6.32. The summed E-state index contributed by atoms with van der Waals surface area (Å²) in [5.74, 6) is 1.21. The molecule has 1 aromatic carbocycles. The SMILES string of the molecule is Cc1cccc(OC2CCN(C(=O)C[C@H](C)N3CCOCC3)CC2)c1. The van der Waals surface area contributed by atoms with Gasteiger partial charge in [-0.3, -0.25) is 9.69 Å². The highest BCUT2D eigenvalue weighted by Gasteiger charge is 2.26. The van der Waals surface area contributed by atoms with Crippen LogP contribution in [0.1, 0.15) is 31.7 Å². The summed E-state index contributed by atoms with van der Waals surface area (Å²) in [6.45, 7) is 9.24. The first kappa shape index (κ1) is 18.2. The zero-order valence-electron chi connectivity index (χ0n) is 15.4. The Bertz CT molecular complexity index is 564. The number of likely N-dealkylation sites (tertiary alicyclic amines) is 1. The van der Waals surface area contributed by atoms with Crippen LogP contribution in [0.3, 0.4) is 0 Å². The van der Waals surface area contributed by atoms with E-state index in [1.54, 1.807) is 0 Å². The number of nitrogens with zero attached hydrogens (tertiary/aromatic N) is 2. The van der Waals surface area contributed by atoms with E-state index in [2.05, 4.69) is 30.9 Å². The molecule has 1 atom stereocenters. The molecule has 2 aliphatic rings. The van der Waals surface area contributed by atoms with Crippen molar-refractivity contribution >= 4 is 5.91 Å². The van der Waals surface area contributed by atoms with Crippen LogP contribution in [0, 0.1) is 6.92 Å². The number of carbonyl (C=O) groups excluding carboxylic acids is 1. The molecule has 1 amide bonds. The van der Waals surface area contributed by atoms with Crippen molar-refractivity contribution in [3.05, 3.63) is 29.8 Å². The lowest BCUT2D eigenvalue weighted by Crippen LogP contribution is -2.47. The van der Waals surface area contributed by atoms with Crippen LogP contribution in [0.15, 0.2) is 24.3 Å². The van der Waals surface area contributed by atoms with Crippen LogP contribution in [0.25, 0.3) is 0 Å². The van der Waals surface area contributed by atoms with Gasteiger partial charge in [-0.1, -0.05) is 12.1 Å². The second kappa shape index (κ2) is 8.68. The van der Waals surface area contributed by atoms with Crippen LogP contribution in [-0.4, -0.2) is 67.2 Å². The highest BCUT2D eigenvalue weighted by atomic mass is 16.5. The molecule has 0 saturated carbocycles. The average molecular weight is 346 g/mol. The van der Waals surface area contributed by atoms with E-state index < -0.39 is 0 Å². The summed E-state index contributed by atoms with van der Waals surface area (Å²) in [4.78, 5) is 17.0. The van der Waals surface area contributed by atoms with Gasteiger partial charge in [-0.15, -0.1) is 0 Å². The lowest BCUT2D eigenvalue weighted by atomic mass is 10.1. The van der Waals surface area contributed by atoms with Gasteiger partial charge in [0.25, 0.3) is 0 Å². The van der Waals surface area contributed by atoms with E-state index in [0.717, 1.165) is 58.0 Å². The average Bonchev–Trinajstić information content (AvgIpc) is 2.63. The highest BCUT2D eigenvalue weighted by molar-refractivity contribution is 5.76. The number of morpholine rings is 1. The molecule has 2 saturated heterocycles. The van der Waals surface area contributed by atoms with Crippen molar-refractivity contribution in [2.75, 3.05) is 39.4 Å². The molecule has 0 spiro atoms. The van der Waals surface area contributed by atoms with Gasteiger partial charge in [-0.25, -0.2) is 0 Å². The normalized spacial score (nSPS) is 21.1. The number of rotatable bonds is 5. The molecule has 5 heteroatoms. The lowest BCUT2D eigenvalue weighted by Gasteiger charge is -2.35. The maximum Gasteiger partial charge on any atom is 0.224 e. The molecule has 25 heavy (non-hydrogen) atoms. The number of hydrogen-bond acceptors (Lipinski definition) is 4. The van der Waals surface area contributed by atoms with Crippen molar-refractivity contribution in [3.8, 4) is 5.75 Å². The zero-order chi connectivity index (χ0) is 17.6. The molecule has 0 radical (unpaired) electrons. The first-order valence-electron chi connectivity index (χ1n) is 9.45. The summed E-state index contributed by atoms with van der Waals surface area (Å²) in [5, 5.41) is 0. The van der Waals surface area contributed by atoms with Crippen LogP contribution >= 0.6 is 0 Å².